The fraction of sp³-hybridized carbons (Fsp3) is 0.375. The lowest BCUT2D eigenvalue weighted by molar-refractivity contribution is 0.733. The van der Waals surface area contributed by atoms with Crippen molar-refractivity contribution in [2.24, 2.45) is 0 Å². The second-order valence-corrected chi connectivity index (χ2v) is 3.01. The Morgan fingerprint density at radius 3 is 2.73 bits per heavy atom. The normalized spacial score (nSPS) is 9.91. The lowest BCUT2D eigenvalue weighted by Gasteiger charge is -2.00. The van der Waals surface area contributed by atoms with Gasteiger partial charge in [0.2, 0.25) is 0 Å². The van der Waals surface area contributed by atoms with E-state index in [4.69, 9.17) is 0 Å². The van der Waals surface area contributed by atoms with Crippen LogP contribution in [-0.4, -0.2) is 16.9 Å². The Bertz CT molecular complexity index is 189. The van der Waals surface area contributed by atoms with Crippen LogP contribution < -0.4 is 5.32 Å². The molecule has 11 heavy (non-hydrogen) atoms. The SMILES string of the molecule is BrCCNCc1ccncc1. The average Bonchev–Trinajstić information content (AvgIpc) is 2.07. The van der Waals surface area contributed by atoms with Crippen LogP contribution in [-0.2, 0) is 6.54 Å². The zero-order valence-electron chi connectivity index (χ0n) is 6.26. The predicted octanol–water partition coefficient (Wildman–Crippen LogP) is 1.57. The molecule has 0 unspecified atom stereocenters. The summed E-state index contributed by atoms with van der Waals surface area (Å²) in [4.78, 5) is 3.94. The van der Waals surface area contributed by atoms with E-state index in [1.165, 1.54) is 5.56 Å². The number of pyridine rings is 1. The van der Waals surface area contributed by atoms with Gasteiger partial charge in [-0.15, -0.1) is 0 Å². The van der Waals surface area contributed by atoms with Crippen LogP contribution in [0.3, 0.4) is 0 Å². The van der Waals surface area contributed by atoms with Gasteiger partial charge in [0, 0.05) is 30.8 Å². The highest BCUT2D eigenvalue weighted by molar-refractivity contribution is 9.09. The average molecular weight is 215 g/mol. The summed E-state index contributed by atoms with van der Waals surface area (Å²) < 4.78 is 0. The van der Waals surface area contributed by atoms with E-state index >= 15 is 0 Å². The largest absolute Gasteiger partial charge is 0.312 e. The Hall–Kier alpha value is -0.410. The minimum absolute atomic E-state index is 0.925. The van der Waals surface area contributed by atoms with E-state index in [2.05, 4.69) is 26.2 Å². The molecule has 0 amide bonds. The Balaban J connectivity index is 2.28. The van der Waals surface area contributed by atoms with Gasteiger partial charge in [0.25, 0.3) is 0 Å². The topological polar surface area (TPSA) is 24.9 Å². The number of nitrogens with one attached hydrogen (secondary N) is 1. The quantitative estimate of drug-likeness (QED) is 0.609. The first kappa shape index (κ1) is 8.68. The van der Waals surface area contributed by atoms with E-state index < -0.39 is 0 Å². The summed E-state index contributed by atoms with van der Waals surface area (Å²) in [5.41, 5.74) is 1.28. The molecule has 60 valence electrons. The number of hydrogen-bond acceptors (Lipinski definition) is 2. The maximum absolute atomic E-state index is 3.94. The van der Waals surface area contributed by atoms with Crippen LogP contribution in [0.4, 0.5) is 0 Å². The third kappa shape index (κ3) is 3.49. The second kappa shape index (κ2) is 5.27. The monoisotopic (exact) mass is 214 g/mol. The maximum atomic E-state index is 3.94. The first-order valence-electron chi connectivity index (χ1n) is 3.59. The van der Waals surface area contributed by atoms with E-state index in [9.17, 15) is 0 Å². The summed E-state index contributed by atoms with van der Waals surface area (Å²) in [5, 5.41) is 4.27. The molecule has 0 aliphatic carbocycles. The highest BCUT2D eigenvalue weighted by Crippen LogP contribution is 1.94. The number of aromatic nitrogens is 1. The number of alkyl halides is 1. The van der Waals surface area contributed by atoms with Crippen molar-refractivity contribution < 1.29 is 0 Å². The minimum atomic E-state index is 0.925. The highest BCUT2D eigenvalue weighted by Gasteiger charge is 1.88. The number of hydrogen-bond donors (Lipinski definition) is 1. The van der Waals surface area contributed by atoms with Crippen LogP contribution in [0.15, 0.2) is 24.5 Å². The summed E-state index contributed by atoms with van der Waals surface area (Å²) in [7, 11) is 0. The molecule has 0 saturated carbocycles. The van der Waals surface area contributed by atoms with Crippen molar-refractivity contribution in [2.75, 3.05) is 11.9 Å². The third-order valence-electron chi connectivity index (χ3n) is 1.35. The van der Waals surface area contributed by atoms with Crippen molar-refractivity contribution in [3.05, 3.63) is 30.1 Å². The van der Waals surface area contributed by atoms with Gasteiger partial charge >= 0.3 is 0 Å². The highest BCUT2D eigenvalue weighted by atomic mass is 79.9. The molecule has 0 aromatic carbocycles. The van der Waals surface area contributed by atoms with Crippen LogP contribution in [0, 0.1) is 0 Å². The molecule has 1 aromatic heterocycles. The number of nitrogens with zero attached hydrogens (tertiary/aromatic N) is 1. The van der Waals surface area contributed by atoms with Crippen LogP contribution in [0.2, 0.25) is 0 Å². The lowest BCUT2D eigenvalue weighted by atomic mass is 10.3. The molecule has 2 nitrogen and oxygen atoms in total. The van der Waals surface area contributed by atoms with Crippen molar-refractivity contribution in [3.8, 4) is 0 Å². The summed E-state index contributed by atoms with van der Waals surface area (Å²) in [6.07, 6.45) is 3.62. The van der Waals surface area contributed by atoms with Gasteiger partial charge in [0.05, 0.1) is 0 Å². The van der Waals surface area contributed by atoms with Crippen molar-refractivity contribution in [1.82, 2.24) is 10.3 Å². The lowest BCUT2D eigenvalue weighted by Crippen LogP contribution is -2.15. The molecule has 1 heterocycles. The van der Waals surface area contributed by atoms with Gasteiger partial charge < -0.3 is 5.32 Å². The van der Waals surface area contributed by atoms with E-state index in [-0.39, 0.29) is 0 Å². The molecule has 0 radical (unpaired) electrons. The number of halogens is 1. The smallest absolute Gasteiger partial charge is 0.0271 e. The molecular weight excluding hydrogens is 204 g/mol. The molecule has 0 atom stereocenters. The zero-order chi connectivity index (χ0) is 7.94. The molecular formula is C8H11BrN2. The second-order valence-electron chi connectivity index (χ2n) is 2.22. The van der Waals surface area contributed by atoms with Gasteiger partial charge in [-0.3, -0.25) is 4.98 Å². The molecule has 0 aliphatic rings. The molecule has 1 rings (SSSR count). The molecule has 0 fully saturated rings. The fourth-order valence-corrected chi connectivity index (χ4v) is 1.08. The minimum Gasteiger partial charge on any atom is -0.312 e. The van der Waals surface area contributed by atoms with Crippen LogP contribution >= 0.6 is 15.9 Å². The number of rotatable bonds is 4. The van der Waals surface area contributed by atoms with E-state index in [0.717, 1.165) is 18.4 Å². The van der Waals surface area contributed by atoms with Gasteiger partial charge in [0.1, 0.15) is 0 Å². The Labute approximate surface area is 75.2 Å². The molecule has 0 saturated heterocycles. The van der Waals surface area contributed by atoms with Gasteiger partial charge in [0.15, 0.2) is 0 Å². The Morgan fingerprint density at radius 2 is 2.09 bits per heavy atom. The maximum Gasteiger partial charge on any atom is 0.0271 e. The first-order chi connectivity index (χ1) is 5.43. The summed E-state index contributed by atoms with van der Waals surface area (Å²) >= 11 is 3.35. The third-order valence-corrected chi connectivity index (χ3v) is 1.75. The summed E-state index contributed by atoms with van der Waals surface area (Å²) in [5.74, 6) is 0. The molecule has 1 aromatic rings. The van der Waals surface area contributed by atoms with Crippen LogP contribution in [0.5, 0.6) is 0 Å². The van der Waals surface area contributed by atoms with Gasteiger partial charge in [-0.2, -0.15) is 0 Å². The Morgan fingerprint density at radius 1 is 1.36 bits per heavy atom. The van der Waals surface area contributed by atoms with Gasteiger partial charge in [-0.25, -0.2) is 0 Å². The van der Waals surface area contributed by atoms with Gasteiger partial charge in [-0.1, -0.05) is 15.9 Å². The van der Waals surface area contributed by atoms with E-state index in [1.807, 2.05) is 24.5 Å². The molecule has 0 spiro atoms. The fourth-order valence-electron chi connectivity index (χ4n) is 0.800. The molecule has 0 aliphatic heterocycles. The van der Waals surface area contributed by atoms with Crippen molar-refractivity contribution >= 4 is 15.9 Å². The molecule has 0 bridgehead atoms. The van der Waals surface area contributed by atoms with Crippen molar-refractivity contribution in [2.45, 2.75) is 6.54 Å². The van der Waals surface area contributed by atoms with Crippen LogP contribution in [0.25, 0.3) is 0 Å². The van der Waals surface area contributed by atoms with Crippen molar-refractivity contribution in [3.63, 3.8) is 0 Å². The molecule has 3 heteroatoms. The van der Waals surface area contributed by atoms with E-state index in [1.54, 1.807) is 0 Å². The zero-order valence-corrected chi connectivity index (χ0v) is 7.84. The summed E-state index contributed by atoms with van der Waals surface area (Å²) in [6, 6.07) is 4.03. The standard InChI is InChI=1S/C8H11BrN2/c9-3-6-11-7-8-1-4-10-5-2-8/h1-2,4-5,11H,3,6-7H2. The summed E-state index contributed by atoms with van der Waals surface area (Å²) in [6.45, 7) is 1.93. The molecule has 1 N–H and O–H groups in total. The Kier molecular flexibility index (Phi) is 4.16. The predicted molar refractivity (Wildman–Crippen MR) is 49.7 cm³/mol. The van der Waals surface area contributed by atoms with E-state index in [0.29, 0.717) is 0 Å². The van der Waals surface area contributed by atoms with Crippen LogP contribution in [0.1, 0.15) is 5.56 Å². The van der Waals surface area contributed by atoms with Gasteiger partial charge in [-0.05, 0) is 17.7 Å². The van der Waals surface area contributed by atoms with Crippen molar-refractivity contribution in [1.29, 1.82) is 0 Å². The first-order valence-corrected chi connectivity index (χ1v) is 4.71.